The first kappa shape index (κ1) is 18.9. The van der Waals surface area contributed by atoms with Crippen LogP contribution in [0.1, 0.15) is 34.6 Å². The fraction of sp³-hybridized carbons (Fsp3) is 0.158. The molecule has 1 amide bonds. The number of carbonyl (C=O) groups excluding carboxylic acids is 3. The third-order valence-corrected chi connectivity index (χ3v) is 3.91. The van der Waals surface area contributed by atoms with Crippen LogP contribution < -0.4 is 5.32 Å². The van der Waals surface area contributed by atoms with Crippen LogP contribution in [0.5, 0.6) is 0 Å². The Bertz CT molecular complexity index is 999. The molecule has 3 aromatic rings. The van der Waals surface area contributed by atoms with Crippen molar-refractivity contribution in [2.45, 2.75) is 20.0 Å². The SMILES string of the molecule is CC(=O)c1ccc(NC(=O)[C@H](C)OC(=O)c2cccc(-n3cnnn3)c2)cc1. The summed E-state index contributed by atoms with van der Waals surface area (Å²) in [5, 5.41) is 13.5. The molecule has 0 spiro atoms. The van der Waals surface area contributed by atoms with Gasteiger partial charge in [0, 0.05) is 11.3 Å². The summed E-state index contributed by atoms with van der Waals surface area (Å²) in [6.45, 7) is 2.94. The van der Waals surface area contributed by atoms with Crippen LogP contribution in [0.4, 0.5) is 5.69 Å². The first-order chi connectivity index (χ1) is 13.4. The van der Waals surface area contributed by atoms with E-state index in [-0.39, 0.29) is 11.3 Å². The molecule has 3 rings (SSSR count). The zero-order chi connectivity index (χ0) is 20.1. The van der Waals surface area contributed by atoms with E-state index in [0.29, 0.717) is 16.9 Å². The van der Waals surface area contributed by atoms with E-state index >= 15 is 0 Å². The molecule has 1 heterocycles. The standard InChI is InChI=1S/C19H17N5O4/c1-12(25)14-6-8-16(9-7-14)21-18(26)13(2)28-19(27)15-4-3-5-17(10-15)24-11-20-22-23-24/h3-11,13H,1-2H3,(H,21,26)/t13-/m0/s1. The van der Waals surface area contributed by atoms with E-state index < -0.39 is 18.0 Å². The minimum atomic E-state index is -1.02. The molecule has 1 aromatic heterocycles. The van der Waals surface area contributed by atoms with Crippen LogP contribution >= 0.6 is 0 Å². The molecule has 0 saturated carbocycles. The van der Waals surface area contributed by atoms with Gasteiger partial charge in [0.2, 0.25) is 0 Å². The Labute approximate surface area is 160 Å². The Morgan fingerprint density at radius 3 is 2.46 bits per heavy atom. The molecule has 0 aliphatic rings. The third kappa shape index (κ3) is 4.44. The second-order valence-electron chi connectivity index (χ2n) is 5.98. The first-order valence-corrected chi connectivity index (χ1v) is 8.40. The van der Waals surface area contributed by atoms with Gasteiger partial charge in [-0.05, 0) is 66.7 Å². The smallest absolute Gasteiger partial charge is 0.338 e. The molecule has 0 bridgehead atoms. The zero-order valence-electron chi connectivity index (χ0n) is 15.2. The maximum absolute atomic E-state index is 12.4. The maximum atomic E-state index is 12.4. The fourth-order valence-corrected chi connectivity index (χ4v) is 2.37. The lowest BCUT2D eigenvalue weighted by molar-refractivity contribution is -0.123. The summed E-state index contributed by atoms with van der Waals surface area (Å²) in [7, 11) is 0. The van der Waals surface area contributed by atoms with Gasteiger partial charge in [-0.15, -0.1) is 5.10 Å². The molecule has 2 aromatic carbocycles. The molecule has 9 heteroatoms. The van der Waals surface area contributed by atoms with Crippen molar-refractivity contribution in [3.8, 4) is 5.69 Å². The summed E-state index contributed by atoms with van der Waals surface area (Å²) in [4.78, 5) is 35.9. The van der Waals surface area contributed by atoms with Crippen molar-refractivity contribution in [2.24, 2.45) is 0 Å². The number of carbonyl (C=O) groups is 3. The summed E-state index contributed by atoms with van der Waals surface area (Å²) < 4.78 is 6.64. The first-order valence-electron chi connectivity index (χ1n) is 8.40. The number of ketones is 1. The number of nitrogens with one attached hydrogen (secondary N) is 1. The average Bonchev–Trinajstić information content (AvgIpc) is 3.23. The summed E-state index contributed by atoms with van der Waals surface area (Å²) in [6, 6.07) is 13.0. The number of rotatable bonds is 6. The molecular formula is C19H17N5O4. The topological polar surface area (TPSA) is 116 Å². The zero-order valence-corrected chi connectivity index (χ0v) is 15.2. The predicted octanol–water partition coefficient (Wildman–Crippen LogP) is 2.05. The van der Waals surface area contributed by atoms with Gasteiger partial charge < -0.3 is 10.1 Å². The number of benzene rings is 2. The number of tetrazole rings is 1. The summed E-state index contributed by atoms with van der Waals surface area (Å²) in [6.07, 6.45) is 0.384. The monoisotopic (exact) mass is 379 g/mol. The van der Waals surface area contributed by atoms with Crippen LogP contribution in [0, 0.1) is 0 Å². The Balaban J connectivity index is 1.63. The number of esters is 1. The van der Waals surface area contributed by atoms with E-state index in [0.717, 1.165) is 0 Å². The molecule has 0 unspecified atom stereocenters. The van der Waals surface area contributed by atoms with Gasteiger partial charge in [-0.25, -0.2) is 9.48 Å². The number of amides is 1. The maximum Gasteiger partial charge on any atom is 0.338 e. The molecule has 0 saturated heterocycles. The van der Waals surface area contributed by atoms with Gasteiger partial charge in [0.1, 0.15) is 6.33 Å². The lowest BCUT2D eigenvalue weighted by Gasteiger charge is -2.14. The van der Waals surface area contributed by atoms with Crippen LogP contribution in [-0.4, -0.2) is 44.0 Å². The summed E-state index contributed by atoms with van der Waals surface area (Å²) >= 11 is 0. The molecule has 0 radical (unpaired) electrons. The number of hydrogen-bond acceptors (Lipinski definition) is 7. The van der Waals surface area contributed by atoms with E-state index in [4.69, 9.17) is 4.74 Å². The van der Waals surface area contributed by atoms with E-state index in [1.54, 1.807) is 48.5 Å². The van der Waals surface area contributed by atoms with Crippen molar-refractivity contribution < 1.29 is 19.1 Å². The normalized spacial score (nSPS) is 11.5. The van der Waals surface area contributed by atoms with E-state index in [1.807, 2.05) is 0 Å². The van der Waals surface area contributed by atoms with Crippen molar-refractivity contribution in [3.63, 3.8) is 0 Å². The largest absolute Gasteiger partial charge is 0.449 e. The van der Waals surface area contributed by atoms with E-state index in [9.17, 15) is 14.4 Å². The molecular weight excluding hydrogens is 362 g/mol. The second kappa shape index (κ2) is 8.21. The lowest BCUT2D eigenvalue weighted by atomic mass is 10.1. The molecule has 0 aliphatic carbocycles. The quantitative estimate of drug-likeness (QED) is 0.515. The minimum Gasteiger partial charge on any atom is -0.449 e. The number of anilines is 1. The molecule has 0 aliphatic heterocycles. The Kier molecular flexibility index (Phi) is 5.54. The van der Waals surface area contributed by atoms with Crippen LogP contribution in [-0.2, 0) is 9.53 Å². The van der Waals surface area contributed by atoms with Gasteiger partial charge in [-0.2, -0.15) is 0 Å². The molecule has 142 valence electrons. The number of hydrogen-bond donors (Lipinski definition) is 1. The van der Waals surface area contributed by atoms with Crippen LogP contribution in [0.2, 0.25) is 0 Å². The van der Waals surface area contributed by atoms with E-state index in [2.05, 4.69) is 20.8 Å². The molecule has 0 fully saturated rings. The predicted molar refractivity (Wildman–Crippen MR) is 99.1 cm³/mol. The molecule has 9 nitrogen and oxygen atoms in total. The van der Waals surface area contributed by atoms with Crippen molar-refractivity contribution >= 4 is 23.3 Å². The van der Waals surface area contributed by atoms with Gasteiger partial charge in [-0.3, -0.25) is 9.59 Å². The highest BCUT2D eigenvalue weighted by Gasteiger charge is 2.19. The number of Topliss-reactive ketones (excluding diaryl/α,β-unsaturated/α-hetero) is 1. The van der Waals surface area contributed by atoms with Crippen molar-refractivity contribution in [1.29, 1.82) is 0 Å². The molecule has 1 atom stereocenters. The molecule has 28 heavy (non-hydrogen) atoms. The lowest BCUT2D eigenvalue weighted by Crippen LogP contribution is -2.30. The molecule has 1 N–H and O–H groups in total. The average molecular weight is 379 g/mol. The highest BCUT2D eigenvalue weighted by atomic mass is 16.5. The van der Waals surface area contributed by atoms with Gasteiger partial charge in [0.15, 0.2) is 11.9 Å². The van der Waals surface area contributed by atoms with E-state index in [1.165, 1.54) is 24.9 Å². The van der Waals surface area contributed by atoms with Gasteiger partial charge in [0.25, 0.3) is 5.91 Å². The minimum absolute atomic E-state index is 0.0657. The number of nitrogens with zero attached hydrogens (tertiary/aromatic N) is 4. The Morgan fingerprint density at radius 2 is 1.82 bits per heavy atom. The highest BCUT2D eigenvalue weighted by Crippen LogP contribution is 2.13. The van der Waals surface area contributed by atoms with Crippen molar-refractivity contribution in [2.75, 3.05) is 5.32 Å². The van der Waals surface area contributed by atoms with Crippen LogP contribution in [0.15, 0.2) is 54.9 Å². The van der Waals surface area contributed by atoms with Gasteiger partial charge in [-0.1, -0.05) is 6.07 Å². The summed E-state index contributed by atoms with van der Waals surface area (Å²) in [5.41, 5.74) is 1.89. The van der Waals surface area contributed by atoms with Gasteiger partial charge in [0.05, 0.1) is 11.3 Å². The van der Waals surface area contributed by atoms with Crippen molar-refractivity contribution in [1.82, 2.24) is 20.2 Å². The van der Waals surface area contributed by atoms with Crippen LogP contribution in [0.3, 0.4) is 0 Å². The van der Waals surface area contributed by atoms with Crippen LogP contribution in [0.25, 0.3) is 5.69 Å². The Morgan fingerprint density at radius 1 is 1.07 bits per heavy atom. The summed E-state index contributed by atoms with van der Waals surface area (Å²) in [5.74, 6) is -1.20. The highest BCUT2D eigenvalue weighted by molar-refractivity contribution is 5.98. The van der Waals surface area contributed by atoms with Crippen molar-refractivity contribution in [3.05, 3.63) is 66.0 Å². The fourth-order valence-electron chi connectivity index (χ4n) is 2.37. The Hall–Kier alpha value is -3.88. The second-order valence-corrected chi connectivity index (χ2v) is 5.98. The number of ether oxygens (including phenoxy) is 1. The van der Waals surface area contributed by atoms with Gasteiger partial charge >= 0.3 is 5.97 Å². The third-order valence-electron chi connectivity index (χ3n) is 3.91. The number of aromatic nitrogens is 4.